The lowest BCUT2D eigenvalue weighted by Gasteiger charge is -2.40. The summed E-state index contributed by atoms with van der Waals surface area (Å²) < 4.78 is 6.97. The van der Waals surface area contributed by atoms with Crippen LogP contribution in [-0.4, -0.2) is 87.1 Å². The van der Waals surface area contributed by atoms with E-state index in [0.717, 1.165) is 24.8 Å². The molecule has 4 aliphatic heterocycles. The topological polar surface area (TPSA) is 90.4 Å². The van der Waals surface area contributed by atoms with Crippen molar-refractivity contribution < 1.29 is 24.2 Å². The second-order valence-electron chi connectivity index (χ2n) is 11.4. The van der Waals surface area contributed by atoms with Crippen LogP contribution < -0.4 is 0 Å². The van der Waals surface area contributed by atoms with E-state index in [9.17, 15) is 19.5 Å². The Balaban J connectivity index is 1.58. The van der Waals surface area contributed by atoms with Crippen molar-refractivity contribution in [1.29, 1.82) is 0 Å². The Morgan fingerprint density at radius 2 is 1.67 bits per heavy atom. The van der Waals surface area contributed by atoms with Crippen molar-refractivity contribution in [1.82, 2.24) is 14.7 Å². The number of ether oxygens (including phenoxy) is 1. The number of carbonyl (C=O) groups is 3. The molecular formula is C31H41N3O5. The van der Waals surface area contributed by atoms with Crippen molar-refractivity contribution in [2.45, 2.75) is 76.3 Å². The average molecular weight is 536 g/mol. The zero-order chi connectivity index (χ0) is 27.8. The molecule has 2 saturated heterocycles. The lowest BCUT2D eigenvalue weighted by atomic mass is 9.73. The first-order valence-electron chi connectivity index (χ1n) is 14.4. The fourth-order valence-corrected chi connectivity index (χ4v) is 7.06. The quantitative estimate of drug-likeness (QED) is 0.388. The molecule has 4 heterocycles. The molecule has 6 atom stereocenters. The predicted octanol–water partition coefficient (Wildman–Crippen LogP) is 2.92. The van der Waals surface area contributed by atoms with Crippen LogP contribution >= 0.6 is 0 Å². The first-order valence-corrected chi connectivity index (χ1v) is 14.4. The fourth-order valence-electron chi connectivity index (χ4n) is 7.06. The van der Waals surface area contributed by atoms with Gasteiger partial charge in [-0.2, -0.15) is 0 Å². The van der Waals surface area contributed by atoms with Crippen LogP contribution in [-0.2, 0) is 25.7 Å². The molecule has 1 N–H and O–H groups in total. The third-order valence-corrected chi connectivity index (χ3v) is 9.03. The molecule has 2 fully saturated rings. The molecule has 1 aromatic rings. The molecule has 1 aromatic carbocycles. The summed E-state index contributed by atoms with van der Waals surface area (Å²) >= 11 is 0. The second kappa shape index (κ2) is 10.9. The summed E-state index contributed by atoms with van der Waals surface area (Å²) in [5.74, 6) is -2.24. The van der Waals surface area contributed by atoms with Crippen molar-refractivity contribution in [2.75, 3.05) is 26.2 Å². The van der Waals surface area contributed by atoms with Gasteiger partial charge in [0, 0.05) is 26.2 Å². The molecule has 210 valence electrons. The van der Waals surface area contributed by atoms with Gasteiger partial charge in [0.25, 0.3) is 0 Å². The largest absolute Gasteiger partial charge is 0.394 e. The number of nitrogens with zero attached hydrogens (tertiary/aromatic N) is 3. The number of likely N-dealkylation sites (tertiary alicyclic amines) is 1. The Labute approximate surface area is 231 Å². The minimum absolute atomic E-state index is 0.136. The number of hydrogen-bond acceptors (Lipinski definition) is 5. The van der Waals surface area contributed by atoms with Crippen LogP contribution in [0.5, 0.6) is 0 Å². The third-order valence-electron chi connectivity index (χ3n) is 9.03. The summed E-state index contributed by atoms with van der Waals surface area (Å²) in [5.41, 5.74) is -1.28. The minimum atomic E-state index is -1.28. The number of benzene rings is 1. The Kier molecular flexibility index (Phi) is 7.71. The Morgan fingerprint density at radius 1 is 0.949 bits per heavy atom. The van der Waals surface area contributed by atoms with Gasteiger partial charge in [-0.25, -0.2) is 0 Å². The van der Waals surface area contributed by atoms with Crippen molar-refractivity contribution >= 4 is 17.7 Å². The molecule has 39 heavy (non-hydrogen) atoms. The molecule has 1 spiro atoms. The Bertz CT molecular complexity index is 1150. The molecule has 0 bridgehead atoms. The maximum absolute atomic E-state index is 14.4. The van der Waals surface area contributed by atoms with Crippen LogP contribution in [0.3, 0.4) is 0 Å². The summed E-state index contributed by atoms with van der Waals surface area (Å²) in [6, 6.07) is 8.30. The highest BCUT2D eigenvalue weighted by molar-refractivity contribution is 6.00. The SMILES string of the molecule is CCCCCN1CC=C[C@]23O[C@@]4(CC)C=CCN(Cc5ccccc5)C(=O)[C@H]4[C@H]2C(=O)N([C@H](C)CO)C3C1=O. The van der Waals surface area contributed by atoms with Crippen molar-refractivity contribution in [3.63, 3.8) is 0 Å². The highest BCUT2D eigenvalue weighted by atomic mass is 16.5. The van der Waals surface area contributed by atoms with Gasteiger partial charge in [-0.05, 0) is 25.3 Å². The van der Waals surface area contributed by atoms with Gasteiger partial charge in [-0.1, -0.05) is 81.3 Å². The van der Waals surface area contributed by atoms with Crippen LogP contribution in [0.2, 0.25) is 0 Å². The number of unbranched alkanes of at least 4 members (excludes halogenated alkanes) is 2. The van der Waals surface area contributed by atoms with E-state index in [1.165, 1.54) is 4.90 Å². The lowest BCUT2D eigenvalue weighted by molar-refractivity contribution is -0.157. The van der Waals surface area contributed by atoms with E-state index in [1.54, 1.807) is 16.7 Å². The standard InChI is InChI=1S/C31H41N3O5/c1-4-6-10-17-32-18-12-16-31-25(28(37)34(22(3)21-35)26(31)29(32)38)24-27(36)33(20-23-13-8-7-9-14-23)19-11-15-30(24,5-2)39-31/h7-9,11-16,22,24-26,35H,4-6,10,17-21H2,1-3H3/t22-,24-,25+,26?,30+,31+/m1/s1. The van der Waals surface area contributed by atoms with E-state index in [1.807, 2.05) is 61.6 Å². The molecule has 5 rings (SSSR count). The molecule has 1 unspecified atom stereocenters. The number of rotatable bonds is 9. The highest BCUT2D eigenvalue weighted by Gasteiger charge is 2.75. The minimum Gasteiger partial charge on any atom is -0.394 e. The number of hydrogen-bond donors (Lipinski definition) is 1. The van der Waals surface area contributed by atoms with E-state index in [2.05, 4.69) is 6.92 Å². The molecule has 0 saturated carbocycles. The van der Waals surface area contributed by atoms with Gasteiger partial charge in [-0.15, -0.1) is 0 Å². The maximum atomic E-state index is 14.4. The zero-order valence-electron chi connectivity index (χ0n) is 23.3. The number of carbonyl (C=O) groups excluding carboxylic acids is 3. The van der Waals surface area contributed by atoms with Crippen molar-refractivity contribution in [2.24, 2.45) is 11.8 Å². The number of aliphatic hydroxyl groups excluding tert-OH is 1. The van der Waals surface area contributed by atoms with Crippen LogP contribution in [0.4, 0.5) is 0 Å². The normalized spacial score (nSPS) is 32.7. The third kappa shape index (κ3) is 4.42. The molecule has 8 nitrogen and oxygen atoms in total. The van der Waals surface area contributed by atoms with Crippen molar-refractivity contribution in [3.8, 4) is 0 Å². The van der Waals surface area contributed by atoms with E-state index in [4.69, 9.17) is 4.74 Å². The summed E-state index contributed by atoms with van der Waals surface area (Å²) in [4.78, 5) is 48.0. The molecule has 0 aliphatic carbocycles. The summed E-state index contributed by atoms with van der Waals surface area (Å²) in [7, 11) is 0. The Hall–Kier alpha value is -2.97. The van der Waals surface area contributed by atoms with E-state index in [0.29, 0.717) is 32.6 Å². The van der Waals surface area contributed by atoms with Crippen LogP contribution in [0, 0.1) is 11.8 Å². The molecular weight excluding hydrogens is 494 g/mol. The summed E-state index contributed by atoms with van der Waals surface area (Å²) in [6.45, 7) is 7.43. The monoisotopic (exact) mass is 535 g/mol. The molecule has 0 radical (unpaired) electrons. The van der Waals surface area contributed by atoms with Gasteiger partial charge < -0.3 is 24.5 Å². The molecule has 0 aromatic heterocycles. The number of fused-ring (bicyclic) bond motifs is 2. The van der Waals surface area contributed by atoms with Crippen LogP contribution in [0.1, 0.15) is 52.0 Å². The van der Waals surface area contributed by atoms with Crippen LogP contribution in [0.25, 0.3) is 0 Å². The fraction of sp³-hybridized carbons (Fsp3) is 0.581. The maximum Gasteiger partial charge on any atom is 0.249 e. The molecule has 4 aliphatic rings. The van der Waals surface area contributed by atoms with Crippen molar-refractivity contribution in [3.05, 3.63) is 60.2 Å². The predicted molar refractivity (Wildman–Crippen MR) is 147 cm³/mol. The molecule has 3 amide bonds. The Morgan fingerprint density at radius 3 is 2.36 bits per heavy atom. The van der Waals surface area contributed by atoms with Gasteiger partial charge >= 0.3 is 0 Å². The van der Waals surface area contributed by atoms with Gasteiger partial charge in [0.15, 0.2) is 0 Å². The van der Waals surface area contributed by atoms with Gasteiger partial charge in [0.1, 0.15) is 11.6 Å². The van der Waals surface area contributed by atoms with Gasteiger partial charge in [0.05, 0.1) is 30.1 Å². The van der Waals surface area contributed by atoms with Crippen LogP contribution in [0.15, 0.2) is 54.6 Å². The molecule has 8 heteroatoms. The van der Waals surface area contributed by atoms with Gasteiger partial charge in [-0.3, -0.25) is 14.4 Å². The summed E-state index contributed by atoms with van der Waals surface area (Å²) in [6.07, 6.45) is 11.2. The number of aliphatic hydroxyl groups is 1. The summed E-state index contributed by atoms with van der Waals surface area (Å²) in [5, 5.41) is 10.1. The van der Waals surface area contributed by atoms with E-state index in [-0.39, 0.29) is 24.3 Å². The smallest absolute Gasteiger partial charge is 0.249 e. The lowest BCUT2D eigenvalue weighted by Crippen LogP contribution is -2.58. The number of amides is 3. The second-order valence-corrected chi connectivity index (χ2v) is 11.4. The highest BCUT2D eigenvalue weighted by Crippen LogP contribution is 2.58. The first kappa shape index (κ1) is 27.6. The van der Waals surface area contributed by atoms with Gasteiger partial charge in [0.2, 0.25) is 17.7 Å². The zero-order valence-corrected chi connectivity index (χ0v) is 23.3. The first-order chi connectivity index (χ1) is 18.8. The van der Waals surface area contributed by atoms with E-state index < -0.39 is 35.1 Å². The average Bonchev–Trinajstić information content (AvgIpc) is 3.25. The van der Waals surface area contributed by atoms with E-state index >= 15 is 0 Å².